The van der Waals surface area contributed by atoms with Crippen molar-refractivity contribution < 1.29 is 42.2 Å². The molecule has 0 spiro atoms. The first kappa shape index (κ1) is 25.3. The van der Waals surface area contributed by atoms with Crippen molar-refractivity contribution in [2.45, 2.75) is 45.4 Å². The van der Waals surface area contributed by atoms with E-state index in [0.717, 1.165) is 6.20 Å². The van der Waals surface area contributed by atoms with Crippen LogP contribution in [0.1, 0.15) is 26.7 Å². The first-order chi connectivity index (χ1) is 16.5. The summed E-state index contributed by atoms with van der Waals surface area (Å²) in [6.07, 6.45) is -0.0627. The molecule has 0 radical (unpaired) electrons. The summed E-state index contributed by atoms with van der Waals surface area (Å²) in [5.74, 6) is -0.801. The molecule has 0 saturated heterocycles. The molecular weight excluding hydrogens is 470 g/mol. The molecule has 0 fully saturated rings. The number of alkyl halides is 2. The summed E-state index contributed by atoms with van der Waals surface area (Å²) in [7, 11) is 0. The number of ether oxygens (including phenoxy) is 3. The Balaban J connectivity index is 1.67. The van der Waals surface area contributed by atoms with E-state index in [4.69, 9.17) is 14.0 Å². The number of nitrogens with one attached hydrogen (secondary N) is 1. The topological polar surface area (TPSA) is 146 Å². The number of alkyl carbamates (subject to hydrolysis) is 1. The number of amides is 1. The number of carboxylic acids is 1. The zero-order valence-electron chi connectivity index (χ0n) is 18.9. The van der Waals surface area contributed by atoms with Gasteiger partial charge in [-0.2, -0.15) is 13.8 Å². The lowest BCUT2D eigenvalue weighted by molar-refractivity contribution is -0.139. The minimum Gasteiger partial charge on any atom is -0.480 e. The molecule has 1 atom stereocenters. The van der Waals surface area contributed by atoms with E-state index in [-0.39, 0.29) is 29.8 Å². The Morgan fingerprint density at radius 1 is 1.17 bits per heavy atom. The number of carbonyl (C=O) groups excluding carboxylic acids is 1. The van der Waals surface area contributed by atoms with Gasteiger partial charge in [-0.3, -0.25) is 0 Å². The molecule has 0 aliphatic rings. The van der Waals surface area contributed by atoms with Crippen molar-refractivity contribution in [1.82, 2.24) is 20.4 Å². The Kier molecular flexibility index (Phi) is 7.79. The molecule has 2 aromatic heterocycles. The molecule has 0 aliphatic heterocycles. The quantitative estimate of drug-likeness (QED) is 0.448. The van der Waals surface area contributed by atoms with Crippen molar-refractivity contribution in [3.63, 3.8) is 0 Å². The molecular formula is C22H22F2N4O7. The molecule has 13 heteroatoms. The average molecular weight is 492 g/mol. The van der Waals surface area contributed by atoms with Gasteiger partial charge in [0.05, 0.1) is 12.6 Å². The number of aliphatic carboxylic acids is 1. The third-order valence-electron chi connectivity index (χ3n) is 4.08. The lowest BCUT2D eigenvalue weighted by Gasteiger charge is -2.21. The fourth-order valence-corrected chi connectivity index (χ4v) is 2.70. The number of hydrogen-bond donors (Lipinski definition) is 2. The van der Waals surface area contributed by atoms with E-state index in [1.54, 1.807) is 45.0 Å². The molecule has 2 heterocycles. The maximum Gasteiger partial charge on any atom is 0.408 e. The Morgan fingerprint density at radius 2 is 1.94 bits per heavy atom. The Morgan fingerprint density at radius 3 is 2.57 bits per heavy atom. The van der Waals surface area contributed by atoms with Crippen LogP contribution in [0.5, 0.6) is 17.4 Å². The number of nitrogens with zero attached hydrogens (tertiary/aromatic N) is 3. The monoisotopic (exact) mass is 492 g/mol. The van der Waals surface area contributed by atoms with Gasteiger partial charge < -0.3 is 29.2 Å². The number of rotatable bonds is 9. The average Bonchev–Trinajstić information content (AvgIpc) is 3.22. The maximum atomic E-state index is 12.2. The highest BCUT2D eigenvalue weighted by atomic mass is 19.3. The van der Waals surface area contributed by atoms with Gasteiger partial charge in [-0.15, -0.1) is 0 Å². The maximum absolute atomic E-state index is 12.2. The number of benzene rings is 1. The molecule has 11 nitrogen and oxygen atoms in total. The summed E-state index contributed by atoms with van der Waals surface area (Å²) in [4.78, 5) is 31.5. The van der Waals surface area contributed by atoms with Crippen molar-refractivity contribution in [2.24, 2.45) is 0 Å². The number of aromatic nitrogens is 3. The van der Waals surface area contributed by atoms with Crippen molar-refractivity contribution in [3.05, 3.63) is 48.5 Å². The Hall–Kier alpha value is -4.29. The highest BCUT2D eigenvalue weighted by Gasteiger charge is 2.26. The highest BCUT2D eigenvalue weighted by molar-refractivity contribution is 5.80. The van der Waals surface area contributed by atoms with Crippen LogP contribution in [-0.4, -0.2) is 50.5 Å². The van der Waals surface area contributed by atoms with Crippen LogP contribution in [0.25, 0.3) is 11.4 Å². The van der Waals surface area contributed by atoms with Gasteiger partial charge in [-0.25, -0.2) is 14.6 Å². The van der Waals surface area contributed by atoms with E-state index in [9.17, 15) is 23.5 Å². The first-order valence-electron chi connectivity index (χ1n) is 10.2. The van der Waals surface area contributed by atoms with E-state index < -0.39 is 30.3 Å². The van der Waals surface area contributed by atoms with Crippen LogP contribution in [-0.2, 0) is 16.0 Å². The van der Waals surface area contributed by atoms with Crippen molar-refractivity contribution in [3.8, 4) is 28.8 Å². The number of halogens is 2. The second kappa shape index (κ2) is 10.8. The van der Waals surface area contributed by atoms with Crippen LogP contribution in [0.4, 0.5) is 13.6 Å². The van der Waals surface area contributed by atoms with Gasteiger partial charge in [0.2, 0.25) is 17.6 Å². The summed E-state index contributed by atoms with van der Waals surface area (Å²) in [6, 6.07) is 7.82. The summed E-state index contributed by atoms with van der Waals surface area (Å²) in [5, 5.41) is 15.5. The van der Waals surface area contributed by atoms with Gasteiger partial charge in [0.15, 0.2) is 0 Å². The largest absolute Gasteiger partial charge is 0.480 e. The molecule has 3 rings (SSSR count). The summed E-state index contributed by atoms with van der Waals surface area (Å²) in [6.45, 7) is 1.99. The van der Waals surface area contributed by atoms with E-state index in [1.165, 1.54) is 12.1 Å². The molecule has 0 bridgehead atoms. The highest BCUT2D eigenvalue weighted by Crippen LogP contribution is 2.26. The van der Waals surface area contributed by atoms with Crippen molar-refractivity contribution in [2.75, 3.05) is 0 Å². The molecule has 1 unspecified atom stereocenters. The lowest BCUT2D eigenvalue weighted by Crippen LogP contribution is -2.44. The number of carbonyl (C=O) groups is 2. The molecule has 0 aliphatic carbocycles. The molecule has 35 heavy (non-hydrogen) atoms. The summed E-state index contributed by atoms with van der Waals surface area (Å²) in [5.41, 5.74) is -0.308. The minimum atomic E-state index is -2.96. The van der Waals surface area contributed by atoms with Gasteiger partial charge in [0.1, 0.15) is 23.1 Å². The lowest BCUT2D eigenvalue weighted by atomic mass is 10.2. The number of hydrogen-bond acceptors (Lipinski definition) is 9. The zero-order chi connectivity index (χ0) is 25.6. The van der Waals surface area contributed by atoms with E-state index in [2.05, 4.69) is 25.2 Å². The second-order valence-electron chi connectivity index (χ2n) is 8.09. The summed E-state index contributed by atoms with van der Waals surface area (Å²) < 4.78 is 44.6. The van der Waals surface area contributed by atoms with Crippen molar-refractivity contribution >= 4 is 12.1 Å². The SMILES string of the molecule is CC(C)(C)OC(=O)NC(Cc1nc(-c2cccc(Oc3ccc(OC(F)F)cn3)c2)no1)C(=O)O. The van der Waals surface area contributed by atoms with Crippen molar-refractivity contribution in [1.29, 1.82) is 0 Å². The third kappa shape index (κ3) is 7.91. The fourth-order valence-electron chi connectivity index (χ4n) is 2.70. The van der Waals surface area contributed by atoms with Gasteiger partial charge in [-0.1, -0.05) is 17.3 Å². The minimum absolute atomic E-state index is 0.0222. The van der Waals surface area contributed by atoms with Crippen LogP contribution in [0.3, 0.4) is 0 Å². The van der Waals surface area contributed by atoms with Gasteiger partial charge in [-0.05, 0) is 39.0 Å². The van der Waals surface area contributed by atoms with Crippen LogP contribution in [0, 0.1) is 0 Å². The van der Waals surface area contributed by atoms with Gasteiger partial charge in [0, 0.05) is 11.6 Å². The van der Waals surface area contributed by atoms with Gasteiger partial charge >= 0.3 is 18.7 Å². The number of pyridine rings is 1. The zero-order valence-corrected chi connectivity index (χ0v) is 18.9. The predicted octanol–water partition coefficient (Wildman–Crippen LogP) is 4.05. The molecule has 1 aromatic carbocycles. The Bertz CT molecular complexity index is 1160. The first-order valence-corrected chi connectivity index (χ1v) is 10.2. The number of carboxylic acid groups (broad SMARTS) is 1. The summed E-state index contributed by atoms with van der Waals surface area (Å²) >= 11 is 0. The normalized spacial score (nSPS) is 12.2. The molecule has 3 aromatic rings. The van der Waals surface area contributed by atoms with Crippen LogP contribution >= 0.6 is 0 Å². The van der Waals surface area contributed by atoms with Crippen LogP contribution in [0.2, 0.25) is 0 Å². The second-order valence-corrected chi connectivity index (χ2v) is 8.09. The van der Waals surface area contributed by atoms with E-state index >= 15 is 0 Å². The molecule has 2 N–H and O–H groups in total. The van der Waals surface area contributed by atoms with E-state index in [0.29, 0.717) is 11.3 Å². The molecule has 0 saturated carbocycles. The van der Waals surface area contributed by atoms with E-state index in [1.807, 2.05) is 0 Å². The standard InChI is InChI=1S/C22H22F2N4O7/c1-22(2,3)34-21(31)26-15(19(29)30)10-17-27-18(28-35-17)12-5-4-6-13(9-12)32-16-8-7-14(11-25-16)33-20(23)24/h4-9,11,15,20H,10H2,1-3H3,(H,26,31)(H,29,30). The smallest absolute Gasteiger partial charge is 0.408 e. The molecule has 186 valence electrons. The fraction of sp³-hybridized carbons (Fsp3) is 0.318. The van der Waals surface area contributed by atoms with Crippen LogP contribution in [0.15, 0.2) is 47.1 Å². The Labute approximate surface area is 198 Å². The predicted molar refractivity (Wildman–Crippen MR) is 115 cm³/mol. The third-order valence-corrected chi connectivity index (χ3v) is 4.08. The van der Waals surface area contributed by atoms with Crippen LogP contribution < -0.4 is 14.8 Å². The molecule has 1 amide bonds. The van der Waals surface area contributed by atoms with Gasteiger partial charge in [0.25, 0.3) is 0 Å².